The van der Waals surface area contributed by atoms with E-state index in [1.54, 1.807) is 7.11 Å². The first-order valence-corrected chi connectivity index (χ1v) is 5.45. The van der Waals surface area contributed by atoms with E-state index in [0.717, 1.165) is 0 Å². The molecule has 4 nitrogen and oxygen atoms in total. The molecule has 90 valence electrons. The van der Waals surface area contributed by atoms with E-state index >= 15 is 0 Å². The highest BCUT2D eigenvalue weighted by molar-refractivity contribution is 7.71. The van der Waals surface area contributed by atoms with E-state index in [1.807, 2.05) is 0 Å². The molecule has 0 atom stereocenters. The van der Waals surface area contributed by atoms with Gasteiger partial charge in [-0.05, 0) is 30.4 Å². The van der Waals surface area contributed by atoms with Gasteiger partial charge in [0.25, 0.3) is 5.56 Å². The average molecular weight is 254 g/mol. The minimum atomic E-state index is -0.446. The van der Waals surface area contributed by atoms with Crippen LogP contribution in [0.25, 0.3) is 10.9 Å². The fraction of sp³-hybridized carbons (Fsp3) is 0.273. The number of fused-ring (bicyclic) bond motifs is 1. The molecule has 17 heavy (non-hydrogen) atoms. The molecule has 1 N–H and O–H groups in total. The van der Waals surface area contributed by atoms with Gasteiger partial charge in [0, 0.05) is 7.11 Å². The van der Waals surface area contributed by atoms with E-state index in [2.05, 4.69) is 4.98 Å². The summed E-state index contributed by atoms with van der Waals surface area (Å²) < 4.78 is 19.7. The van der Waals surface area contributed by atoms with Crippen molar-refractivity contribution < 1.29 is 9.13 Å². The van der Waals surface area contributed by atoms with Crippen LogP contribution < -0.4 is 5.56 Å². The summed E-state index contributed by atoms with van der Waals surface area (Å²) in [5.41, 5.74) is 0.232. The summed E-state index contributed by atoms with van der Waals surface area (Å²) in [4.78, 5) is 15.0. The lowest BCUT2D eigenvalue weighted by atomic mass is 10.2. The van der Waals surface area contributed by atoms with Gasteiger partial charge in [-0.3, -0.25) is 9.36 Å². The van der Waals surface area contributed by atoms with Crippen LogP contribution in [-0.4, -0.2) is 23.3 Å². The summed E-state index contributed by atoms with van der Waals surface area (Å²) in [6, 6.07) is 3.99. The molecule has 2 rings (SSSR count). The number of aromatic amines is 1. The SMILES string of the molecule is COCCn1c(=S)[nH]c2ccc(F)cc2c1=O. The van der Waals surface area contributed by atoms with Crippen molar-refractivity contribution in [3.8, 4) is 0 Å². The maximum absolute atomic E-state index is 13.1. The maximum Gasteiger partial charge on any atom is 0.262 e. The van der Waals surface area contributed by atoms with Gasteiger partial charge in [-0.2, -0.15) is 0 Å². The van der Waals surface area contributed by atoms with Crippen LogP contribution in [-0.2, 0) is 11.3 Å². The third kappa shape index (κ3) is 2.27. The molecule has 2 aromatic rings. The zero-order valence-corrected chi connectivity index (χ0v) is 10.0. The van der Waals surface area contributed by atoms with Crippen LogP contribution in [0.15, 0.2) is 23.0 Å². The van der Waals surface area contributed by atoms with Crippen molar-refractivity contribution >= 4 is 23.1 Å². The van der Waals surface area contributed by atoms with Crippen LogP contribution in [0.4, 0.5) is 4.39 Å². The van der Waals surface area contributed by atoms with Gasteiger partial charge in [0.1, 0.15) is 5.82 Å². The normalized spacial score (nSPS) is 10.9. The Bertz CT molecular complexity index is 663. The number of methoxy groups -OCH3 is 1. The van der Waals surface area contributed by atoms with Crippen LogP contribution in [0.5, 0.6) is 0 Å². The number of benzene rings is 1. The molecule has 0 aliphatic rings. The summed E-state index contributed by atoms with van der Waals surface area (Å²) in [5.74, 6) is -0.446. The van der Waals surface area contributed by atoms with E-state index in [-0.39, 0.29) is 10.9 Å². The zero-order chi connectivity index (χ0) is 12.4. The van der Waals surface area contributed by atoms with Crippen LogP contribution in [0, 0.1) is 10.6 Å². The molecule has 1 aromatic carbocycles. The monoisotopic (exact) mass is 254 g/mol. The van der Waals surface area contributed by atoms with E-state index in [4.69, 9.17) is 17.0 Å². The van der Waals surface area contributed by atoms with Gasteiger partial charge in [-0.1, -0.05) is 0 Å². The second-order valence-corrected chi connectivity index (χ2v) is 3.96. The molecule has 0 aliphatic heterocycles. The third-order valence-electron chi connectivity index (χ3n) is 2.46. The molecule has 0 radical (unpaired) electrons. The Labute approximate surface area is 102 Å². The summed E-state index contributed by atoms with van der Waals surface area (Å²) in [7, 11) is 1.54. The number of halogens is 1. The van der Waals surface area contributed by atoms with Crippen molar-refractivity contribution in [3.63, 3.8) is 0 Å². The van der Waals surface area contributed by atoms with Gasteiger partial charge in [-0.15, -0.1) is 0 Å². The quantitative estimate of drug-likeness (QED) is 0.850. The number of H-pyrrole nitrogens is 1. The Morgan fingerprint density at radius 2 is 2.29 bits per heavy atom. The Hall–Kier alpha value is -1.53. The predicted molar refractivity (Wildman–Crippen MR) is 65.2 cm³/mol. The van der Waals surface area contributed by atoms with E-state index in [9.17, 15) is 9.18 Å². The number of aromatic nitrogens is 2. The molecule has 1 aromatic heterocycles. The van der Waals surface area contributed by atoms with Crippen LogP contribution in [0.2, 0.25) is 0 Å². The molecule has 0 unspecified atom stereocenters. The fourth-order valence-electron chi connectivity index (χ4n) is 1.61. The van der Waals surface area contributed by atoms with Crippen molar-refractivity contribution in [2.75, 3.05) is 13.7 Å². The van der Waals surface area contributed by atoms with Gasteiger partial charge in [0.15, 0.2) is 4.77 Å². The lowest BCUT2D eigenvalue weighted by molar-refractivity contribution is 0.185. The molecule has 0 amide bonds. The Kier molecular flexibility index (Phi) is 3.35. The zero-order valence-electron chi connectivity index (χ0n) is 9.20. The molecule has 0 saturated heterocycles. The number of rotatable bonds is 3. The molecule has 0 aliphatic carbocycles. The second kappa shape index (κ2) is 4.77. The number of ether oxygens (including phenoxy) is 1. The lowest BCUT2D eigenvalue weighted by Gasteiger charge is -2.07. The largest absolute Gasteiger partial charge is 0.383 e. The summed E-state index contributed by atoms with van der Waals surface area (Å²) in [6.07, 6.45) is 0. The first-order valence-electron chi connectivity index (χ1n) is 5.05. The van der Waals surface area contributed by atoms with Gasteiger partial charge in [0.2, 0.25) is 0 Å². The molecule has 0 bridgehead atoms. The topological polar surface area (TPSA) is 47.0 Å². The number of nitrogens with one attached hydrogen (secondary N) is 1. The summed E-state index contributed by atoms with van der Waals surface area (Å²) in [5, 5.41) is 0.287. The van der Waals surface area contributed by atoms with Crippen molar-refractivity contribution in [3.05, 3.63) is 39.1 Å². The molecule has 6 heteroatoms. The molecule has 1 heterocycles. The number of nitrogens with zero attached hydrogens (tertiary/aromatic N) is 1. The molecule has 0 saturated carbocycles. The second-order valence-electron chi connectivity index (χ2n) is 3.57. The van der Waals surface area contributed by atoms with Crippen molar-refractivity contribution in [2.24, 2.45) is 0 Å². The van der Waals surface area contributed by atoms with Crippen molar-refractivity contribution in [2.45, 2.75) is 6.54 Å². The highest BCUT2D eigenvalue weighted by Gasteiger charge is 2.06. The predicted octanol–water partition coefficient (Wildman–Crippen LogP) is 1.84. The Balaban J connectivity index is 2.69. The fourth-order valence-corrected chi connectivity index (χ4v) is 1.89. The minimum absolute atomic E-state index is 0.287. The lowest BCUT2D eigenvalue weighted by Crippen LogP contribution is -2.24. The Morgan fingerprint density at radius 3 is 3.00 bits per heavy atom. The molecular weight excluding hydrogens is 243 g/mol. The molecular formula is C11H11FN2O2S. The van der Waals surface area contributed by atoms with E-state index < -0.39 is 5.82 Å². The number of hydrogen-bond acceptors (Lipinski definition) is 3. The Morgan fingerprint density at radius 1 is 1.53 bits per heavy atom. The smallest absolute Gasteiger partial charge is 0.262 e. The van der Waals surface area contributed by atoms with Crippen LogP contribution in [0.3, 0.4) is 0 Å². The number of hydrogen-bond donors (Lipinski definition) is 1. The van der Waals surface area contributed by atoms with E-state index in [1.165, 1.54) is 22.8 Å². The van der Waals surface area contributed by atoms with Crippen LogP contribution in [0.1, 0.15) is 0 Å². The van der Waals surface area contributed by atoms with E-state index in [0.29, 0.717) is 23.4 Å². The molecule has 0 spiro atoms. The average Bonchev–Trinajstić information content (AvgIpc) is 2.30. The highest BCUT2D eigenvalue weighted by Crippen LogP contribution is 2.09. The first kappa shape index (κ1) is 11.9. The van der Waals surface area contributed by atoms with Gasteiger partial charge in [-0.25, -0.2) is 4.39 Å². The van der Waals surface area contributed by atoms with Gasteiger partial charge in [0.05, 0.1) is 24.1 Å². The third-order valence-corrected chi connectivity index (χ3v) is 2.79. The summed E-state index contributed by atoms with van der Waals surface area (Å²) >= 11 is 5.07. The first-order chi connectivity index (χ1) is 8.13. The van der Waals surface area contributed by atoms with Gasteiger partial charge >= 0.3 is 0 Å². The standard InChI is InChI=1S/C11H11FN2O2S/c1-16-5-4-14-10(15)8-6-7(12)2-3-9(8)13-11(14)17/h2-3,6H,4-5H2,1H3,(H,13,17). The van der Waals surface area contributed by atoms with Crippen molar-refractivity contribution in [1.29, 1.82) is 0 Å². The van der Waals surface area contributed by atoms with Gasteiger partial charge < -0.3 is 9.72 Å². The molecule has 0 fully saturated rings. The van der Waals surface area contributed by atoms with Crippen LogP contribution >= 0.6 is 12.2 Å². The van der Waals surface area contributed by atoms with Crippen molar-refractivity contribution in [1.82, 2.24) is 9.55 Å². The minimum Gasteiger partial charge on any atom is -0.383 e. The maximum atomic E-state index is 13.1. The highest BCUT2D eigenvalue weighted by atomic mass is 32.1. The summed E-state index contributed by atoms with van der Waals surface area (Å²) in [6.45, 7) is 0.718.